The normalized spacial score (nSPS) is 15.9. The molecule has 0 aliphatic carbocycles. The van der Waals surface area contributed by atoms with E-state index in [9.17, 15) is 5.11 Å². The molecule has 0 aromatic heterocycles. The van der Waals surface area contributed by atoms with Gasteiger partial charge in [-0.1, -0.05) is 32.6 Å². The topological polar surface area (TPSA) is 77.2 Å². The summed E-state index contributed by atoms with van der Waals surface area (Å²) in [6.07, 6.45) is 11.1. The summed E-state index contributed by atoms with van der Waals surface area (Å²) in [4.78, 5) is 6.93. The molecular weight excluding hydrogens is 356 g/mol. The van der Waals surface area contributed by atoms with Crippen molar-refractivity contribution in [1.29, 1.82) is 0 Å². The van der Waals surface area contributed by atoms with Crippen LogP contribution in [0.5, 0.6) is 17.2 Å². The van der Waals surface area contributed by atoms with Crippen LogP contribution in [0.2, 0.25) is 0 Å². The maximum absolute atomic E-state index is 9.93. The number of fused-ring (bicyclic) bond motifs is 1. The third-order valence-electron chi connectivity index (χ3n) is 5.19. The largest absolute Gasteiger partial charge is 0.504 e. The van der Waals surface area contributed by atoms with E-state index in [1.165, 1.54) is 51.6 Å². The molecule has 2 aliphatic heterocycles. The molecule has 0 unspecified atom stereocenters. The van der Waals surface area contributed by atoms with Crippen LogP contribution in [0.1, 0.15) is 63.9 Å². The minimum absolute atomic E-state index is 0.202. The molecule has 28 heavy (non-hydrogen) atoms. The molecule has 1 aromatic carbocycles. The lowest BCUT2D eigenvalue weighted by Crippen LogP contribution is -2.20. The van der Waals surface area contributed by atoms with Crippen LogP contribution in [0.25, 0.3) is 0 Å². The van der Waals surface area contributed by atoms with Gasteiger partial charge in [0.15, 0.2) is 11.5 Å². The third-order valence-corrected chi connectivity index (χ3v) is 5.19. The molecule has 0 amide bonds. The fourth-order valence-electron chi connectivity index (χ4n) is 3.64. The molecule has 0 atom stereocenters. The van der Waals surface area contributed by atoms with Gasteiger partial charge >= 0.3 is 0 Å². The first kappa shape index (κ1) is 22.8. The van der Waals surface area contributed by atoms with Crippen molar-refractivity contribution in [2.45, 2.75) is 64.7 Å². The highest BCUT2D eigenvalue weighted by Crippen LogP contribution is 2.39. The van der Waals surface area contributed by atoms with E-state index in [4.69, 9.17) is 15.4 Å². The molecule has 160 valence electrons. The molecule has 0 radical (unpaired) electrons. The molecule has 0 bridgehead atoms. The molecule has 0 saturated carbocycles. The van der Waals surface area contributed by atoms with E-state index < -0.39 is 0 Å². The smallest absolute Gasteiger partial charge is 0.203 e. The molecular formula is C22H38N2O4. The second kappa shape index (κ2) is 13.6. The summed E-state index contributed by atoms with van der Waals surface area (Å²) in [6.45, 7) is 7.62. The molecule has 1 aromatic rings. The van der Waals surface area contributed by atoms with E-state index in [0.29, 0.717) is 31.3 Å². The van der Waals surface area contributed by atoms with Gasteiger partial charge in [-0.15, -0.1) is 0 Å². The lowest BCUT2D eigenvalue weighted by molar-refractivity contribution is 0.133. The van der Waals surface area contributed by atoms with Crippen molar-refractivity contribution in [3.05, 3.63) is 17.7 Å². The monoisotopic (exact) mass is 394 g/mol. The highest BCUT2D eigenvalue weighted by Gasteiger charge is 2.17. The van der Waals surface area contributed by atoms with Crippen molar-refractivity contribution >= 4 is 0 Å². The standard InChI is InChI=1S/C15H21NO3.C7H17NO/c17-13-10-12(4-3-7-16-5-1-2-6-16)11-14-15(13)19-9-8-18-14;1-2-3-4-5-6-7-9-8/h10-11,17H,1-9H2;2-8H2,1H3. The van der Waals surface area contributed by atoms with E-state index in [0.717, 1.165) is 31.4 Å². The molecule has 2 heterocycles. The van der Waals surface area contributed by atoms with Gasteiger partial charge in [-0.2, -0.15) is 0 Å². The fraction of sp³-hybridized carbons (Fsp3) is 0.727. The minimum Gasteiger partial charge on any atom is -0.504 e. The average molecular weight is 395 g/mol. The van der Waals surface area contributed by atoms with Crippen molar-refractivity contribution in [3.8, 4) is 17.2 Å². The van der Waals surface area contributed by atoms with E-state index in [1.807, 2.05) is 6.07 Å². The Bertz CT molecular complexity index is 542. The highest BCUT2D eigenvalue weighted by molar-refractivity contribution is 5.53. The fourth-order valence-corrected chi connectivity index (χ4v) is 3.64. The third kappa shape index (κ3) is 8.25. The van der Waals surface area contributed by atoms with E-state index in [1.54, 1.807) is 6.07 Å². The van der Waals surface area contributed by atoms with Gasteiger partial charge in [0.25, 0.3) is 0 Å². The number of hydrogen-bond donors (Lipinski definition) is 2. The number of likely N-dealkylation sites (tertiary alicyclic amines) is 1. The van der Waals surface area contributed by atoms with Gasteiger partial charge in [-0.05, 0) is 69.4 Å². The van der Waals surface area contributed by atoms with Crippen molar-refractivity contribution < 1.29 is 19.4 Å². The Morgan fingerprint density at radius 3 is 2.54 bits per heavy atom. The van der Waals surface area contributed by atoms with Crippen LogP contribution >= 0.6 is 0 Å². The number of nitrogens with zero attached hydrogens (tertiary/aromatic N) is 1. The number of aromatic hydroxyl groups is 1. The van der Waals surface area contributed by atoms with E-state index in [-0.39, 0.29) is 5.75 Å². The number of nitrogens with two attached hydrogens (primary N) is 1. The maximum Gasteiger partial charge on any atom is 0.203 e. The summed E-state index contributed by atoms with van der Waals surface area (Å²) < 4.78 is 10.9. The second-order valence-corrected chi connectivity index (χ2v) is 7.58. The zero-order valence-corrected chi connectivity index (χ0v) is 17.5. The van der Waals surface area contributed by atoms with Crippen LogP contribution < -0.4 is 15.4 Å². The van der Waals surface area contributed by atoms with Gasteiger partial charge in [-0.25, -0.2) is 5.90 Å². The molecule has 3 N–H and O–H groups in total. The number of hydrogen-bond acceptors (Lipinski definition) is 6. The van der Waals surface area contributed by atoms with Crippen LogP contribution in [0, 0.1) is 0 Å². The summed E-state index contributed by atoms with van der Waals surface area (Å²) in [5, 5.41) is 9.93. The summed E-state index contributed by atoms with van der Waals surface area (Å²) in [6, 6.07) is 3.80. The molecule has 1 fully saturated rings. The number of rotatable bonds is 10. The zero-order chi connectivity index (χ0) is 20.0. The molecule has 6 nitrogen and oxygen atoms in total. The molecule has 2 aliphatic rings. The number of phenols is 1. The Morgan fingerprint density at radius 1 is 1.04 bits per heavy atom. The Hall–Kier alpha value is -1.50. The second-order valence-electron chi connectivity index (χ2n) is 7.58. The minimum atomic E-state index is 0.202. The SMILES string of the molecule is CCCCCCCON.Oc1cc(CCCN2CCCC2)cc2c1OCCO2. The Balaban J connectivity index is 0.000000266. The highest BCUT2D eigenvalue weighted by atomic mass is 16.6. The Morgan fingerprint density at radius 2 is 1.79 bits per heavy atom. The Kier molecular flexibility index (Phi) is 11.1. The predicted octanol–water partition coefficient (Wildman–Crippen LogP) is 4.04. The first-order valence-corrected chi connectivity index (χ1v) is 10.9. The quantitative estimate of drug-likeness (QED) is 0.461. The molecule has 0 spiro atoms. The number of phenolic OH excluding ortho intramolecular Hbond substituents is 1. The van der Waals surface area contributed by atoms with Crippen molar-refractivity contribution in [3.63, 3.8) is 0 Å². The molecule has 1 saturated heterocycles. The summed E-state index contributed by atoms with van der Waals surface area (Å²) in [7, 11) is 0. The van der Waals surface area contributed by atoms with Gasteiger partial charge < -0.3 is 24.3 Å². The number of benzene rings is 1. The van der Waals surface area contributed by atoms with Crippen molar-refractivity contribution in [2.75, 3.05) is 39.5 Å². The van der Waals surface area contributed by atoms with Gasteiger partial charge in [0.05, 0.1) is 6.61 Å². The zero-order valence-electron chi connectivity index (χ0n) is 17.5. The van der Waals surface area contributed by atoms with E-state index >= 15 is 0 Å². The predicted molar refractivity (Wildman–Crippen MR) is 112 cm³/mol. The van der Waals surface area contributed by atoms with Crippen LogP contribution in [-0.4, -0.2) is 49.5 Å². The Labute approximate surface area is 169 Å². The van der Waals surface area contributed by atoms with Crippen LogP contribution in [-0.2, 0) is 11.3 Å². The maximum atomic E-state index is 9.93. The van der Waals surface area contributed by atoms with Gasteiger partial charge in [-0.3, -0.25) is 0 Å². The lowest BCUT2D eigenvalue weighted by Gasteiger charge is -2.20. The van der Waals surface area contributed by atoms with Crippen LogP contribution in [0.3, 0.4) is 0 Å². The first-order chi connectivity index (χ1) is 13.7. The van der Waals surface area contributed by atoms with Crippen LogP contribution in [0.4, 0.5) is 0 Å². The van der Waals surface area contributed by atoms with Gasteiger partial charge in [0.1, 0.15) is 13.2 Å². The van der Waals surface area contributed by atoms with Crippen LogP contribution in [0.15, 0.2) is 12.1 Å². The molecule has 3 rings (SSSR count). The average Bonchev–Trinajstić information content (AvgIpc) is 3.22. The number of aryl methyl sites for hydroxylation is 1. The first-order valence-electron chi connectivity index (χ1n) is 10.9. The van der Waals surface area contributed by atoms with E-state index in [2.05, 4.69) is 16.7 Å². The van der Waals surface area contributed by atoms with Crippen molar-refractivity contribution in [2.24, 2.45) is 5.90 Å². The lowest BCUT2D eigenvalue weighted by atomic mass is 10.1. The molecule has 6 heteroatoms. The summed E-state index contributed by atoms with van der Waals surface area (Å²) >= 11 is 0. The number of unbranched alkanes of at least 4 members (excludes halogenated alkanes) is 4. The van der Waals surface area contributed by atoms with Gasteiger partial charge in [0, 0.05) is 0 Å². The van der Waals surface area contributed by atoms with Gasteiger partial charge in [0.2, 0.25) is 5.75 Å². The number of ether oxygens (including phenoxy) is 2. The summed E-state index contributed by atoms with van der Waals surface area (Å²) in [5.74, 6) is 6.22. The van der Waals surface area contributed by atoms with Crippen molar-refractivity contribution in [1.82, 2.24) is 4.90 Å². The summed E-state index contributed by atoms with van der Waals surface area (Å²) in [5.41, 5.74) is 1.13.